The Balaban J connectivity index is 1.59. The number of nitrogens with one attached hydrogen (secondary N) is 1. The molecule has 148 valence electrons. The van der Waals surface area contributed by atoms with Crippen molar-refractivity contribution in [3.63, 3.8) is 0 Å². The molecule has 1 aliphatic heterocycles. The lowest BCUT2D eigenvalue weighted by Crippen LogP contribution is -2.35. The fraction of sp³-hybridized carbons (Fsp3) is 0.174. The molecule has 0 spiro atoms. The third kappa shape index (κ3) is 4.16. The van der Waals surface area contributed by atoms with Crippen LogP contribution in [0, 0.1) is 5.82 Å². The van der Waals surface area contributed by atoms with Crippen LogP contribution in [0.15, 0.2) is 72.8 Å². The number of anilines is 1. The first kappa shape index (κ1) is 18.8. The number of carbonyl (C=O) groups is 1. The molecule has 4 rings (SSSR count). The summed E-state index contributed by atoms with van der Waals surface area (Å²) in [5, 5.41) is 2.90. The third-order valence-electron chi connectivity index (χ3n) is 4.80. The lowest BCUT2D eigenvalue weighted by molar-refractivity contribution is 0.171. The molecule has 1 unspecified atom stereocenters. The van der Waals surface area contributed by atoms with Gasteiger partial charge >= 0.3 is 6.03 Å². The summed E-state index contributed by atoms with van der Waals surface area (Å²) in [5.41, 5.74) is 2.35. The van der Waals surface area contributed by atoms with Crippen LogP contribution in [0.3, 0.4) is 0 Å². The van der Waals surface area contributed by atoms with Crippen LogP contribution >= 0.6 is 0 Å². The van der Waals surface area contributed by atoms with E-state index in [0.29, 0.717) is 30.4 Å². The van der Waals surface area contributed by atoms with Gasteiger partial charge in [-0.25, -0.2) is 9.18 Å². The minimum absolute atomic E-state index is 0.292. The first-order chi connectivity index (χ1) is 14.1. The van der Waals surface area contributed by atoms with Crippen LogP contribution in [0.5, 0.6) is 11.5 Å². The van der Waals surface area contributed by atoms with E-state index in [-0.39, 0.29) is 17.9 Å². The number of benzene rings is 3. The quantitative estimate of drug-likeness (QED) is 0.691. The zero-order valence-electron chi connectivity index (χ0n) is 16.0. The van der Waals surface area contributed by atoms with Crippen LogP contribution in [0.25, 0.3) is 0 Å². The molecule has 1 heterocycles. The SMILES string of the molecule is CN(C(=O)Nc1ccc2c(c1)OCCO2)C(c1ccccc1)c1ccc(F)cc1. The van der Waals surface area contributed by atoms with Crippen molar-refractivity contribution in [1.82, 2.24) is 4.90 Å². The monoisotopic (exact) mass is 392 g/mol. The summed E-state index contributed by atoms with van der Waals surface area (Å²) in [4.78, 5) is 14.6. The van der Waals surface area contributed by atoms with Crippen molar-refractivity contribution in [2.75, 3.05) is 25.6 Å². The van der Waals surface area contributed by atoms with Gasteiger partial charge in [0.1, 0.15) is 19.0 Å². The van der Waals surface area contributed by atoms with Gasteiger partial charge in [-0.05, 0) is 35.4 Å². The molecule has 3 aromatic rings. The molecule has 1 aliphatic rings. The molecule has 1 N–H and O–H groups in total. The van der Waals surface area contributed by atoms with Gasteiger partial charge in [0.05, 0.1) is 6.04 Å². The van der Waals surface area contributed by atoms with Crippen molar-refractivity contribution in [2.45, 2.75) is 6.04 Å². The molecule has 0 fully saturated rings. The molecule has 0 bridgehead atoms. The molecule has 0 saturated heterocycles. The Morgan fingerprint density at radius 2 is 1.59 bits per heavy atom. The summed E-state index contributed by atoms with van der Waals surface area (Å²) in [6.07, 6.45) is 0. The third-order valence-corrected chi connectivity index (χ3v) is 4.80. The summed E-state index contributed by atoms with van der Waals surface area (Å²) >= 11 is 0. The van der Waals surface area contributed by atoms with Crippen molar-refractivity contribution >= 4 is 11.7 Å². The summed E-state index contributed by atoms with van der Waals surface area (Å²) in [6, 6.07) is 20.5. The lowest BCUT2D eigenvalue weighted by atomic mass is 9.97. The van der Waals surface area contributed by atoms with Gasteiger partial charge in [-0.3, -0.25) is 0 Å². The van der Waals surface area contributed by atoms with Gasteiger partial charge in [0, 0.05) is 18.8 Å². The average Bonchev–Trinajstić information content (AvgIpc) is 2.76. The van der Waals surface area contributed by atoms with Gasteiger partial charge in [-0.2, -0.15) is 0 Å². The minimum Gasteiger partial charge on any atom is -0.486 e. The van der Waals surface area contributed by atoms with Crippen LogP contribution < -0.4 is 14.8 Å². The number of fused-ring (bicyclic) bond motifs is 1. The maximum Gasteiger partial charge on any atom is 0.322 e. The molecule has 2 amide bonds. The van der Waals surface area contributed by atoms with Crippen LogP contribution in [-0.4, -0.2) is 31.2 Å². The number of amides is 2. The highest BCUT2D eigenvalue weighted by Gasteiger charge is 2.24. The number of hydrogen-bond donors (Lipinski definition) is 1. The molecule has 0 aromatic heterocycles. The number of hydrogen-bond acceptors (Lipinski definition) is 3. The Hall–Kier alpha value is -3.54. The highest BCUT2D eigenvalue weighted by Crippen LogP contribution is 2.33. The van der Waals surface area contributed by atoms with E-state index in [9.17, 15) is 9.18 Å². The number of nitrogens with zero attached hydrogens (tertiary/aromatic N) is 1. The minimum atomic E-state index is -0.367. The van der Waals surface area contributed by atoms with Gasteiger partial charge in [0.2, 0.25) is 0 Å². The van der Waals surface area contributed by atoms with Crippen LogP contribution in [0.2, 0.25) is 0 Å². The van der Waals surface area contributed by atoms with Crippen molar-refractivity contribution in [3.05, 3.63) is 89.7 Å². The maximum absolute atomic E-state index is 13.4. The first-order valence-corrected chi connectivity index (χ1v) is 9.36. The van der Waals surface area contributed by atoms with E-state index >= 15 is 0 Å². The Morgan fingerprint density at radius 1 is 0.931 bits per heavy atom. The molecule has 0 aliphatic carbocycles. The highest BCUT2D eigenvalue weighted by molar-refractivity contribution is 5.90. The molecular weight excluding hydrogens is 371 g/mol. The smallest absolute Gasteiger partial charge is 0.322 e. The number of ether oxygens (including phenoxy) is 2. The largest absolute Gasteiger partial charge is 0.486 e. The molecule has 0 saturated carbocycles. The summed E-state index contributed by atoms with van der Waals surface area (Å²) in [7, 11) is 1.72. The van der Waals surface area contributed by atoms with Gasteiger partial charge in [0.15, 0.2) is 11.5 Å². The predicted molar refractivity (Wildman–Crippen MR) is 109 cm³/mol. The molecule has 3 aromatic carbocycles. The topological polar surface area (TPSA) is 50.8 Å². The van der Waals surface area contributed by atoms with E-state index in [0.717, 1.165) is 11.1 Å². The molecule has 6 heteroatoms. The van der Waals surface area contributed by atoms with Gasteiger partial charge in [-0.1, -0.05) is 42.5 Å². The second-order valence-corrected chi connectivity index (χ2v) is 6.76. The average molecular weight is 392 g/mol. The van der Waals surface area contributed by atoms with Crippen LogP contribution in [0.1, 0.15) is 17.2 Å². The Labute approximate surface area is 168 Å². The van der Waals surface area contributed by atoms with E-state index in [2.05, 4.69) is 5.32 Å². The zero-order valence-corrected chi connectivity index (χ0v) is 16.0. The Kier molecular flexibility index (Phi) is 5.33. The fourth-order valence-corrected chi connectivity index (χ4v) is 3.37. The van der Waals surface area contributed by atoms with Crippen molar-refractivity contribution < 1.29 is 18.7 Å². The predicted octanol–water partition coefficient (Wildman–Crippen LogP) is 4.85. The number of halogens is 1. The highest BCUT2D eigenvalue weighted by atomic mass is 19.1. The summed E-state index contributed by atoms with van der Waals surface area (Å²) < 4.78 is 24.5. The van der Waals surface area contributed by atoms with E-state index in [4.69, 9.17) is 9.47 Å². The normalized spacial score (nSPS) is 13.4. The van der Waals surface area contributed by atoms with Crippen molar-refractivity contribution in [1.29, 1.82) is 0 Å². The standard InChI is InChI=1S/C23H21FN2O3/c1-26(23(27)25-19-11-12-20-21(15-19)29-14-13-28-20)22(16-5-3-2-4-6-16)17-7-9-18(24)10-8-17/h2-12,15,22H,13-14H2,1H3,(H,25,27). The van der Waals surface area contributed by atoms with Gasteiger partial charge < -0.3 is 19.7 Å². The van der Waals surface area contributed by atoms with E-state index in [1.807, 2.05) is 30.3 Å². The van der Waals surface area contributed by atoms with Crippen molar-refractivity contribution in [3.8, 4) is 11.5 Å². The Bertz CT molecular complexity index is 993. The van der Waals surface area contributed by atoms with Crippen LogP contribution in [0.4, 0.5) is 14.9 Å². The van der Waals surface area contributed by atoms with Gasteiger partial charge in [0.25, 0.3) is 0 Å². The van der Waals surface area contributed by atoms with E-state index in [1.165, 1.54) is 12.1 Å². The summed E-state index contributed by atoms with van der Waals surface area (Å²) in [5.74, 6) is 0.954. The number of rotatable bonds is 4. The maximum atomic E-state index is 13.4. The zero-order chi connectivity index (χ0) is 20.2. The summed E-state index contributed by atoms with van der Waals surface area (Å²) in [6.45, 7) is 0.989. The van der Waals surface area contributed by atoms with E-state index < -0.39 is 0 Å². The molecule has 1 atom stereocenters. The molecule has 5 nitrogen and oxygen atoms in total. The second kappa shape index (κ2) is 8.22. The molecule has 0 radical (unpaired) electrons. The second-order valence-electron chi connectivity index (χ2n) is 6.76. The van der Waals surface area contributed by atoms with Gasteiger partial charge in [-0.15, -0.1) is 0 Å². The van der Waals surface area contributed by atoms with Crippen molar-refractivity contribution in [2.24, 2.45) is 0 Å². The van der Waals surface area contributed by atoms with E-state index in [1.54, 1.807) is 42.3 Å². The fourth-order valence-electron chi connectivity index (χ4n) is 3.37. The van der Waals surface area contributed by atoms with Crippen LogP contribution in [-0.2, 0) is 0 Å². The molecule has 29 heavy (non-hydrogen) atoms. The Morgan fingerprint density at radius 3 is 2.31 bits per heavy atom. The number of carbonyl (C=O) groups excluding carboxylic acids is 1. The number of urea groups is 1. The first-order valence-electron chi connectivity index (χ1n) is 9.36. The lowest BCUT2D eigenvalue weighted by Gasteiger charge is -2.29. The molecular formula is C23H21FN2O3.